The maximum atomic E-state index is 11.1. The number of aryl methyl sites for hydroxylation is 1. The van der Waals surface area contributed by atoms with Crippen LogP contribution in [0.5, 0.6) is 5.75 Å². The van der Waals surface area contributed by atoms with Gasteiger partial charge in [-0.25, -0.2) is 0 Å². The van der Waals surface area contributed by atoms with Crippen molar-refractivity contribution in [2.75, 3.05) is 4.43 Å². The third kappa shape index (κ3) is 4.96. The second-order valence-electron chi connectivity index (χ2n) is 3.62. The van der Waals surface area contributed by atoms with E-state index in [-0.39, 0.29) is 5.97 Å². The third-order valence-corrected chi connectivity index (χ3v) is 3.06. The lowest BCUT2D eigenvalue weighted by Gasteiger charge is -2.04. The smallest absolute Gasteiger partial charge is 0.310 e. The minimum absolute atomic E-state index is 0.183. The van der Waals surface area contributed by atoms with Crippen molar-refractivity contribution in [1.29, 1.82) is 0 Å². The molecule has 2 nitrogen and oxygen atoms in total. The van der Waals surface area contributed by atoms with Gasteiger partial charge in [0.1, 0.15) is 5.75 Å². The highest BCUT2D eigenvalue weighted by Crippen LogP contribution is 2.14. The lowest BCUT2D eigenvalue weighted by molar-refractivity contribution is -0.134. The van der Waals surface area contributed by atoms with Crippen LogP contribution in [0.25, 0.3) is 0 Å². The number of esters is 1. The summed E-state index contributed by atoms with van der Waals surface area (Å²) in [6, 6.07) is 7.80. The van der Waals surface area contributed by atoms with Crippen molar-refractivity contribution in [3.05, 3.63) is 29.8 Å². The summed E-state index contributed by atoms with van der Waals surface area (Å²) in [7, 11) is 0. The van der Waals surface area contributed by atoms with E-state index >= 15 is 0 Å². The molecule has 1 aromatic rings. The van der Waals surface area contributed by atoms with Crippen LogP contribution in [-0.4, -0.2) is 10.4 Å². The van der Waals surface area contributed by atoms with Crippen LogP contribution in [0.2, 0.25) is 0 Å². The average molecular weight is 332 g/mol. The van der Waals surface area contributed by atoms with Gasteiger partial charge in [0.2, 0.25) is 0 Å². The lowest BCUT2D eigenvalue weighted by atomic mass is 10.1. The Morgan fingerprint density at radius 1 is 1.25 bits per heavy atom. The van der Waals surface area contributed by atoms with E-state index in [0.29, 0.717) is 12.2 Å². The summed E-state index contributed by atoms with van der Waals surface area (Å²) in [6.45, 7) is 1.79. The Morgan fingerprint density at radius 2 is 1.94 bits per heavy atom. The molecule has 0 atom stereocenters. The number of ether oxygens (including phenoxy) is 1. The molecule has 1 aromatic carbocycles. The molecule has 0 heterocycles. The van der Waals surface area contributed by atoms with Crippen molar-refractivity contribution in [2.24, 2.45) is 0 Å². The Balaban J connectivity index is 2.44. The zero-order valence-corrected chi connectivity index (χ0v) is 11.7. The van der Waals surface area contributed by atoms with Crippen molar-refractivity contribution in [3.63, 3.8) is 0 Å². The highest BCUT2D eigenvalue weighted by atomic mass is 127. The summed E-state index contributed by atoms with van der Waals surface area (Å²) in [6.07, 6.45) is 3.99. The van der Waals surface area contributed by atoms with Gasteiger partial charge in [-0.1, -0.05) is 41.6 Å². The Labute approximate surface area is 111 Å². The maximum Gasteiger partial charge on any atom is 0.310 e. The van der Waals surface area contributed by atoms with E-state index in [0.717, 1.165) is 6.42 Å². The van der Waals surface area contributed by atoms with Gasteiger partial charge < -0.3 is 4.74 Å². The van der Waals surface area contributed by atoms with Crippen LogP contribution in [0, 0.1) is 0 Å². The van der Waals surface area contributed by atoms with Gasteiger partial charge in [0.05, 0.1) is 0 Å². The first-order chi connectivity index (χ1) is 7.76. The van der Waals surface area contributed by atoms with Crippen molar-refractivity contribution in [2.45, 2.75) is 32.6 Å². The van der Waals surface area contributed by atoms with Crippen LogP contribution in [0.15, 0.2) is 24.3 Å². The number of unbranched alkanes of at least 4 members (excludes halogenated alkanes) is 1. The topological polar surface area (TPSA) is 26.3 Å². The zero-order chi connectivity index (χ0) is 11.8. The van der Waals surface area contributed by atoms with Gasteiger partial charge in [0.25, 0.3) is 0 Å². The molecule has 0 radical (unpaired) electrons. The number of benzene rings is 1. The summed E-state index contributed by atoms with van der Waals surface area (Å²) >= 11 is 2.40. The van der Waals surface area contributed by atoms with E-state index in [4.69, 9.17) is 4.74 Å². The fourth-order valence-corrected chi connectivity index (χ4v) is 1.89. The molecular weight excluding hydrogens is 315 g/mol. The van der Waals surface area contributed by atoms with Crippen molar-refractivity contribution >= 4 is 28.6 Å². The van der Waals surface area contributed by atoms with E-state index in [9.17, 15) is 4.79 Å². The molecule has 1 rings (SSSR count). The van der Waals surface area contributed by atoms with Crippen LogP contribution < -0.4 is 4.74 Å². The largest absolute Gasteiger partial charge is 0.427 e. The van der Waals surface area contributed by atoms with E-state index < -0.39 is 0 Å². The molecule has 0 spiro atoms. The normalized spacial score (nSPS) is 10.1. The number of rotatable bonds is 6. The Morgan fingerprint density at radius 3 is 2.50 bits per heavy atom. The second-order valence-corrected chi connectivity index (χ2v) is 4.70. The van der Waals surface area contributed by atoms with Crippen LogP contribution in [0.3, 0.4) is 0 Å². The predicted octanol–water partition coefficient (Wildman–Crippen LogP) is 3.76. The molecule has 0 aliphatic heterocycles. The molecule has 0 N–H and O–H groups in total. The van der Waals surface area contributed by atoms with Crippen molar-refractivity contribution in [3.8, 4) is 5.75 Å². The molecule has 0 saturated carbocycles. The molecule has 0 saturated heterocycles. The second kappa shape index (κ2) is 7.65. The molecule has 88 valence electrons. The Hall–Kier alpha value is -0.580. The Kier molecular flexibility index (Phi) is 6.45. The maximum absolute atomic E-state index is 11.1. The first-order valence-electron chi connectivity index (χ1n) is 5.62. The number of carbonyl (C=O) groups excluding carboxylic acids is 1. The van der Waals surface area contributed by atoms with Gasteiger partial charge in [-0.05, 0) is 41.4 Å². The summed E-state index contributed by atoms with van der Waals surface area (Å²) in [5.41, 5.74) is 1.31. The molecule has 0 unspecified atom stereocenters. The summed E-state index contributed by atoms with van der Waals surface area (Å²) in [5.74, 6) is 0.460. The fourth-order valence-electron chi connectivity index (χ4n) is 1.35. The van der Waals surface area contributed by atoms with E-state index in [1.807, 2.05) is 24.3 Å². The van der Waals surface area contributed by atoms with Crippen LogP contribution >= 0.6 is 22.6 Å². The standard InChI is InChI=1S/C13H17IO2/c1-2-13(15)16-12-8-6-11(7-9-12)5-3-4-10-14/h6-9H,2-5,10H2,1H3. The highest BCUT2D eigenvalue weighted by Gasteiger charge is 2.01. The highest BCUT2D eigenvalue weighted by molar-refractivity contribution is 14.1. The first kappa shape index (κ1) is 13.5. The zero-order valence-electron chi connectivity index (χ0n) is 9.54. The van der Waals surface area contributed by atoms with E-state index in [1.165, 1.54) is 22.8 Å². The van der Waals surface area contributed by atoms with Gasteiger partial charge in [-0.2, -0.15) is 0 Å². The van der Waals surface area contributed by atoms with Crippen LogP contribution in [0.4, 0.5) is 0 Å². The number of hydrogen-bond acceptors (Lipinski definition) is 2. The third-order valence-electron chi connectivity index (χ3n) is 2.29. The molecule has 3 heteroatoms. The monoisotopic (exact) mass is 332 g/mol. The molecule has 0 aliphatic carbocycles. The SMILES string of the molecule is CCC(=O)Oc1ccc(CCCCI)cc1. The van der Waals surface area contributed by atoms with Gasteiger partial charge in [0, 0.05) is 6.42 Å². The molecular formula is C13H17IO2. The minimum atomic E-state index is -0.183. The molecule has 0 amide bonds. The summed E-state index contributed by atoms with van der Waals surface area (Å²) in [5, 5.41) is 0. The molecule has 16 heavy (non-hydrogen) atoms. The van der Waals surface area contributed by atoms with E-state index in [1.54, 1.807) is 6.92 Å². The first-order valence-corrected chi connectivity index (χ1v) is 7.14. The van der Waals surface area contributed by atoms with Gasteiger partial charge >= 0.3 is 5.97 Å². The van der Waals surface area contributed by atoms with Gasteiger partial charge in [-0.15, -0.1) is 0 Å². The Bertz CT molecular complexity index is 319. The molecule has 0 aromatic heterocycles. The molecule has 0 bridgehead atoms. The van der Waals surface area contributed by atoms with Crippen LogP contribution in [-0.2, 0) is 11.2 Å². The number of hydrogen-bond donors (Lipinski definition) is 0. The molecule has 0 fully saturated rings. The quantitative estimate of drug-likeness (QED) is 0.261. The number of carbonyl (C=O) groups is 1. The fraction of sp³-hybridized carbons (Fsp3) is 0.462. The van der Waals surface area contributed by atoms with Crippen LogP contribution in [0.1, 0.15) is 31.7 Å². The van der Waals surface area contributed by atoms with Crippen molar-refractivity contribution < 1.29 is 9.53 Å². The van der Waals surface area contributed by atoms with Gasteiger partial charge in [0.15, 0.2) is 0 Å². The summed E-state index contributed by atoms with van der Waals surface area (Å²) < 4.78 is 6.32. The van der Waals surface area contributed by atoms with E-state index in [2.05, 4.69) is 22.6 Å². The van der Waals surface area contributed by atoms with Gasteiger partial charge in [-0.3, -0.25) is 4.79 Å². The molecule has 0 aliphatic rings. The average Bonchev–Trinajstić information content (AvgIpc) is 2.31. The minimum Gasteiger partial charge on any atom is -0.427 e. The summed E-state index contributed by atoms with van der Waals surface area (Å²) in [4.78, 5) is 11.1. The number of alkyl halides is 1. The lowest BCUT2D eigenvalue weighted by Crippen LogP contribution is -2.05. The number of halogens is 1. The van der Waals surface area contributed by atoms with Crippen molar-refractivity contribution in [1.82, 2.24) is 0 Å². The predicted molar refractivity (Wildman–Crippen MR) is 74.2 cm³/mol.